The Balaban J connectivity index is 1.91. The molecular weight excluding hydrogens is 375 g/mol. The Bertz CT molecular complexity index is 776. The van der Waals surface area contributed by atoms with E-state index in [1.165, 1.54) is 19.2 Å². The SMILES string of the molecule is COC(=O)[C@@H](Cc1ccc(C(F)(F)F)cc1)NC(=O)COCc1ccccc1. The Morgan fingerprint density at radius 2 is 1.64 bits per heavy atom. The van der Waals surface area contributed by atoms with E-state index in [-0.39, 0.29) is 19.6 Å². The van der Waals surface area contributed by atoms with Gasteiger partial charge in [-0.2, -0.15) is 13.2 Å². The lowest BCUT2D eigenvalue weighted by molar-refractivity contribution is -0.145. The van der Waals surface area contributed by atoms with E-state index in [1.54, 1.807) is 0 Å². The van der Waals surface area contributed by atoms with Gasteiger partial charge in [-0.1, -0.05) is 42.5 Å². The number of rotatable bonds is 8. The number of esters is 1. The summed E-state index contributed by atoms with van der Waals surface area (Å²) in [7, 11) is 1.17. The van der Waals surface area contributed by atoms with Gasteiger partial charge < -0.3 is 14.8 Å². The first kappa shape index (κ1) is 21.4. The number of methoxy groups -OCH3 is 1. The highest BCUT2D eigenvalue weighted by Crippen LogP contribution is 2.29. The highest BCUT2D eigenvalue weighted by Gasteiger charge is 2.30. The molecule has 1 N–H and O–H groups in total. The van der Waals surface area contributed by atoms with Crippen molar-refractivity contribution in [3.05, 3.63) is 71.3 Å². The van der Waals surface area contributed by atoms with Crippen LogP contribution in [0.2, 0.25) is 0 Å². The summed E-state index contributed by atoms with van der Waals surface area (Å²) in [5.74, 6) is -1.23. The summed E-state index contributed by atoms with van der Waals surface area (Å²) in [5, 5.41) is 2.49. The molecule has 0 spiro atoms. The van der Waals surface area contributed by atoms with Crippen molar-refractivity contribution in [2.75, 3.05) is 13.7 Å². The molecule has 28 heavy (non-hydrogen) atoms. The second-order valence-corrected chi connectivity index (χ2v) is 6.02. The average Bonchev–Trinajstić information content (AvgIpc) is 2.67. The maximum absolute atomic E-state index is 12.6. The summed E-state index contributed by atoms with van der Waals surface area (Å²) in [6.07, 6.45) is -4.44. The minimum absolute atomic E-state index is 0.00473. The molecule has 0 saturated heterocycles. The third-order valence-corrected chi connectivity index (χ3v) is 3.89. The first-order valence-corrected chi connectivity index (χ1v) is 8.44. The number of amides is 1. The molecule has 0 radical (unpaired) electrons. The number of halogens is 3. The van der Waals surface area contributed by atoms with E-state index in [9.17, 15) is 22.8 Å². The Kier molecular flexibility index (Phi) is 7.57. The summed E-state index contributed by atoms with van der Waals surface area (Å²) in [6, 6.07) is 12.6. The predicted octanol–water partition coefficient (Wildman–Crippen LogP) is 3.12. The maximum Gasteiger partial charge on any atom is 0.416 e. The van der Waals surface area contributed by atoms with Crippen LogP contribution >= 0.6 is 0 Å². The minimum atomic E-state index is -4.44. The third-order valence-electron chi connectivity index (χ3n) is 3.89. The smallest absolute Gasteiger partial charge is 0.416 e. The van der Waals surface area contributed by atoms with Gasteiger partial charge in [-0.25, -0.2) is 4.79 Å². The van der Waals surface area contributed by atoms with Crippen molar-refractivity contribution < 1.29 is 32.2 Å². The molecule has 2 aromatic carbocycles. The highest BCUT2D eigenvalue weighted by molar-refractivity contribution is 5.85. The first-order valence-electron chi connectivity index (χ1n) is 8.44. The first-order chi connectivity index (χ1) is 13.3. The fourth-order valence-electron chi connectivity index (χ4n) is 2.47. The number of hydrogen-bond acceptors (Lipinski definition) is 4. The molecule has 0 aliphatic rings. The van der Waals surface area contributed by atoms with Gasteiger partial charge in [0.1, 0.15) is 12.6 Å². The Morgan fingerprint density at radius 1 is 1.00 bits per heavy atom. The fraction of sp³-hybridized carbons (Fsp3) is 0.300. The molecule has 8 heteroatoms. The lowest BCUT2D eigenvalue weighted by Crippen LogP contribution is -2.44. The second-order valence-electron chi connectivity index (χ2n) is 6.02. The van der Waals surface area contributed by atoms with Crippen LogP contribution in [0.4, 0.5) is 13.2 Å². The number of benzene rings is 2. The van der Waals surface area contributed by atoms with Gasteiger partial charge in [0.15, 0.2) is 0 Å². The van der Waals surface area contributed by atoms with Gasteiger partial charge in [-0.15, -0.1) is 0 Å². The van der Waals surface area contributed by atoms with Gasteiger partial charge in [0.05, 0.1) is 19.3 Å². The van der Waals surface area contributed by atoms with Gasteiger partial charge in [0.25, 0.3) is 0 Å². The predicted molar refractivity (Wildman–Crippen MR) is 95.2 cm³/mol. The number of ether oxygens (including phenoxy) is 2. The molecule has 5 nitrogen and oxygen atoms in total. The Labute approximate surface area is 160 Å². The van der Waals surface area contributed by atoms with Crippen LogP contribution in [0.3, 0.4) is 0 Å². The fourth-order valence-corrected chi connectivity index (χ4v) is 2.47. The largest absolute Gasteiger partial charge is 0.467 e. The third kappa shape index (κ3) is 6.70. The summed E-state index contributed by atoms with van der Waals surface area (Å²) in [5.41, 5.74) is 0.558. The molecule has 2 rings (SSSR count). The maximum atomic E-state index is 12.6. The molecule has 0 unspecified atom stereocenters. The molecular formula is C20H20F3NO4. The van der Waals surface area contributed by atoms with Gasteiger partial charge in [0, 0.05) is 6.42 Å². The molecule has 0 aliphatic carbocycles. The van der Waals surface area contributed by atoms with Crippen LogP contribution in [-0.2, 0) is 38.3 Å². The molecule has 0 fully saturated rings. The van der Waals surface area contributed by atoms with Crippen molar-refractivity contribution in [3.8, 4) is 0 Å². The molecule has 1 amide bonds. The van der Waals surface area contributed by atoms with Gasteiger partial charge in [-0.3, -0.25) is 4.79 Å². The number of carbonyl (C=O) groups is 2. The number of carbonyl (C=O) groups excluding carboxylic acids is 2. The van der Waals surface area contributed by atoms with Crippen molar-refractivity contribution in [1.82, 2.24) is 5.32 Å². The van der Waals surface area contributed by atoms with Crippen LogP contribution in [0.15, 0.2) is 54.6 Å². The van der Waals surface area contributed by atoms with E-state index in [0.29, 0.717) is 5.56 Å². The molecule has 1 atom stereocenters. The zero-order valence-electron chi connectivity index (χ0n) is 15.2. The Hall–Kier alpha value is -2.87. The van der Waals surface area contributed by atoms with Crippen LogP contribution < -0.4 is 5.32 Å². The lowest BCUT2D eigenvalue weighted by Gasteiger charge is -2.17. The monoisotopic (exact) mass is 395 g/mol. The molecule has 0 aliphatic heterocycles. The minimum Gasteiger partial charge on any atom is -0.467 e. The van der Waals surface area contributed by atoms with Crippen molar-refractivity contribution in [1.29, 1.82) is 0 Å². The van der Waals surface area contributed by atoms with Gasteiger partial charge in [0.2, 0.25) is 5.91 Å². The lowest BCUT2D eigenvalue weighted by atomic mass is 10.0. The van der Waals surface area contributed by atoms with Crippen LogP contribution in [0, 0.1) is 0 Å². The van der Waals surface area contributed by atoms with Crippen LogP contribution in [0.25, 0.3) is 0 Å². The van der Waals surface area contributed by atoms with Gasteiger partial charge in [-0.05, 0) is 23.3 Å². The number of hydrogen-bond donors (Lipinski definition) is 1. The van der Waals surface area contributed by atoms with E-state index in [2.05, 4.69) is 10.1 Å². The van der Waals surface area contributed by atoms with E-state index in [0.717, 1.165) is 17.7 Å². The molecule has 2 aromatic rings. The van der Waals surface area contributed by atoms with E-state index >= 15 is 0 Å². The normalized spacial score (nSPS) is 12.3. The Morgan fingerprint density at radius 3 is 2.21 bits per heavy atom. The van der Waals surface area contributed by atoms with Crippen molar-refractivity contribution >= 4 is 11.9 Å². The van der Waals surface area contributed by atoms with Crippen LogP contribution in [-0.4, -0.2) is 31.6 Å². The second kappa shape index (κ2) is 9.89. The van der Waals surface area contributed by atoms with Crippen molar-refractivity contribution in [3.63, 3.8) is 0 Å². The average molecular weight is 395 g/mol. The zero-order chi connectivity index (χ0) is 20.6. The van der Waals surface area contributed by atoms with E-state index in [1.807, 2.05) is 30.3 Å². The summed E-state index contributed by atoms with van der Waals surface area (Å²) in [6.45, 7) is -0.0363. The molecule has 0 heterocycles. The molecule has 0 bridgehead atoms. The highest BCUT2D eigenvalue weighted by atomic mass is 19.4. The summed E-state index contributed by atoms with van der Waals surface area (Å²) >= 11 is 0. The standard InChI is InChI=1S/C20H20F3NO4/c1-27-19(26)17(11-14-7-9-16(10-8-14)20(21,22)23)24-18(25)13-28-12-15-5-3-2-4-6-15/h2-10,17H,11-13H2,1H3,(H,24,25)/t17-/m1/s1. The molecule has 150 valence electrons. The van der Waals surface area contributed by atoms with E-state index in [4.69, 9.17) is 4.74 Å². The van der Waals surface area contributed by atoms with Crippen LogP contribution in [0.1, 0.15) is 16.7 Å². The molecule has 0 saturated carbocycles. The number of alkyl halides is 3. The zero-order valence-corrected chi connectivity index (χ0v) is 15.2. The van der Waals surface area contributed by atoms with Crippen LogP contribution in [0.5, 0.6) is 0 Å². The summed E-state index contributed by atoms with van der Waals surface area (Å²) < 4.78 is 47.9. The van der Waals surface area contributed by atoms with Crippen molar-refractivity contribution in [2.45, 2.75) is 25.2 Å². The topological polar surface area (TPSA) is 64.6 Å². The van der Waals surface area contributed by atoms with Crippen molar-refractivity contribution in [2.24, 2.45) is 0 Å². The summed E-state index contributed by atoms with van der Waals surface area (Å²) in [4.78, 5) is 24.0. The molecule has 0 aromatic heterocycles. The van der Waals surface area contributed by atoms with E-state index < -0.39 is 29.7 Å². The number of nitrogens with one attached hydrogen (secondary N) is 1. The van der Waals surface area contributed by atoms with Gasteiger partial charge >= 0.3 is 12.1 Å². The quantitative estimate of drug-likeness (QED) is 0.698.